The molecule has 0 saturated heterocycles. The van der Waals surface area contributed by atoms with Crippen LogP contribution in [-0.2, 0) is 11.4 Å². The highest BCUT2D eigenvalue weighted by atomic mass is 16.6. The molecule has 0 atom stereocenters. The summed E-state index contributed by atoms with van der Waals surface area (Å²) in [7, 11) is 0. The van der Waals surface area contributed by atoms with E-state index in [1.54, 1.807) is 6.21 Å². The molecule has 4 nitrogen and oxygen atoms in total. The van der Waals surface area contributed by atoms with Crippen LogP contribution in [0.15, 0.2) is 52.7 Å². The minimum Gasteiger partial charge on any atom is -0.270 e. The van der Waals surface area contributed by atoms with Gasteiger partial charge in [-0.15, -0.1) is 5.10 Å². The van der Waals surface area contributed by atoms with E-state index in [1.807, 2.05) is 30.3 Å². The van der Waals surface area contributed by atoms with Crippen LogP contribution >= 0.6 is 0 Å². The molecule has 4 heteroatoms. The minimum atomic E-state index is 0.538. The Morgan fingerprint density at radius 1 is 1.10 bits per heavy atom. The molecule has 1 heterocycles. The highest BCUT2D eigenvalue weighted by Crippen LogP contribution is 2.14. The Morgan fingerprint density at radius 2 is 1.95 bits per heavy atom. The van der Waals surface area contributed by atoms with E-state index < -0.39 is 0 Å². The molecule has 21 heavy (non-hydrogen) atoms. The van der Waals surface area contributed by atoms with E-state index in [2.05, 4.69) is 41.7 Å². The van der Waals surface area contributed by atoms with Crippen LogP contribution in [0.2, 0.25) is 0 Å². The number of hydrogen-bond donors (Lipinski definition) is 1. The van der Waals surface area contributed by atoms with E-state index in [1.165, 1.54) is 11.1 Å². The zero-order valence-electron chi connectivity index (χ0n) is 12.1. The van der Waals surface area contributed by atoms with Crippen molar-refractivity contribution in [2.24, 2.45) is 10.2 Å². The molecule has 1 aliphatic heterocycles. The maximum atomic E-state index is 5.29. The summed E-state index contributed by atoms with van der Waals surface area (Å²) >= 11 is 0. The number of rotatable bonds is 2. The van der Waals surface area contributed by atoms with Crippen molar-refractivity contribution in [1.82, 2.24) is 5.48 Å². The van der Waals surface area contributed by atoms with Crippen LogP contribution in [0, 0.1) is 13.8 Å². The normalized spacial score (nSPS) is 16.0. The quantitative estimate of drug-likeness (QED) is 0.678. The van der Waals surface area contributed by atoms with Gasteiger partial charge in [0.1, 0.15) is 6.61 Å². The van der Waals surface area contributed by atoms with Gasteiger partial charge >= 0.3 is 0 Å². The number of fused-ring (bicyclic) bond motifs is 1. The number of amidine groups is 1. The second-order valence-electron chi connectivity index (χ2n) is 5.08. The number of aryl methyl sites for hydroxylation is 2. The first-order chi connectivity index (χ1) is 10.2. The van der Waals surface area contributed by atoms with Gasteiger partial charge in [-0.05, 0) is 36.1 Å². The van der Waals surface area contributed by atoms with Gasteiger partial charge in [-0.25, -0.2) is 5.48 Å². The lowest BCUT2D eigenvalue weighted by Gasteiger charge is -2.18. The SMILES string of the molecule is Cc1ccc(C=N/N=C2\NOCc3ccccc32)cc1C. The average Bonchev–Trinajstić information content (AvgIpc) is 2.51. The molecule has 2 aromatic rings. The van der Waals surface area contributed by atoms with Crippen molar-refractivity contribution in [2.75, 3.05) is 0 Å². The van der Waals surface area contributed by atoms with Crippen molar-refractivity contribution in [3.63, 3.8) is 0 Å². The number of benzene rings is 2. The molecule has 0 fully saturated rings. The maximum absolute atomic E-state index is 5.29. The fourth-order valence-corrected chi connectivity index (χ4v) is 2.19. The highest BCUT2D eigenvalue weighted by molar-refractivity contribution is 6.00. The molecule has 2 aromatic carbocycles. The summed E-state index contributed by atoms with van der Waals surface area (Å²) in [6.45, 7) is 4.72. The lowest BCUT2D eigenvalue weighted by Crippen LogP contribution is -2.30. The standard InChI is InChI=1S/C17H17N3O/c1-12-7-8-14(9-13(12)2)10-18-19-17-16-6-4-3-5-15(16)11-21-20-17/h3-10H,11H2,1-2H3,(H,19,20). The number of nitrogens with zero attached hydrogens (tertiary/aromatic N) is 2. The van der Waals surface area contributed by atoms with Crippen molar-refractivity contribution in [3.05, 3.63) is 70.3 Å². The van der Waals surface area contributed by atoms with Crippen LogP contribution in [0.4, 0.5) is 0 Å². The molecule has 0 radical (unpaired) electrons. The summed E-state index contributed by atoms with van der Waals surface area (Å²) in [5.41, 5.74) is 8.51. The van der Waals surface area contributed by atoms with Gasteiger partial charge in [0.25, 0.3) is 0 Å². The fourth-order valence-electron chi connectivity index (χ4n) is 2.19. The Hall–Kier alpha value is -2.46. The van der Waals surface area contributed by atoms with Gasteiger partial charge in [-0.2, -0.15) is 5.10 Å². The topological polar surface area (TPSA) is 46.0 Å². The van der Waals surface area contributed by atoms with Crippen molar-refractivity contribution in [2.45, 2.75) is 20.5 Å². The molecule has 0 unspecified atom stereocenters. The Labute approximate surface area is 124 Å². The van der Waals surface area contributed by atoms with Crippen molar-refractivity contribution in [1.29, 1.82) is 0 Å². The zero-order valence-corrected chi connectivity index (χ0v) is 12.1. The van der Waals surface area contributed by atoms with Crippen LogP contribution in [-0.4, -0.2) is 12.1 Å². The van der Waals surface area contributed by atoms with Gasteiger partial charge < -0.3 is 0 Å². The van der Waals surface area contributed by atoms with Crippen LogP contribution in [0.5, 0.6) is 0 Å². The van der Waals surface area contributed by atoms with E-state index in [9.17, 15) is 0 Å². The van der Waals surface area contributed by atoms with Crippen LogP contribution in [0.3, 0.4) is 0 Å². The summed E-state index contributed by atoms with van der Waals surface area (Å²) in [6, 6.07) is 14.2. The van der Waals surface area contributed by atoms with E-state index in [-0.39, 0.29) is 0 Å². The average molecular weight is 279 g/mol. The molecule has 0 aromatic heterocycles. The number of nitrogens with one attached hydrogen (secondary N) is 1. The predicted molar refractivity (Wildman–Crippen MR) is 84.4 cm³/mol. The monoisotopic (exact) mass is 279 g/mol. The van der Waals surface area contributed by atoms with Gasteiger partial charge in [-0.3, -0.25) is 4.84 Å². The van der Waals surface area contributed by atoms with Gasteiger partial charge in [-0.1, -0.05) is 42.5 Å². The summed E-state index contributed by atoms with van der Waals surface area (Å²) in [4.78, 5) is 5.29. The first-order valence-corrected chi connectivity index (χ1v) is 6.88. The maximum Gasteiger partial charge on any atom is 0.179 e. The van der Waals surface area contributed by atoms with E-state index in [0.29, 0.717) is 12.4 Å². The Balaban J connectivity index is 1.83. The Morgan fingerprint density at radius 3 is 2.81 bits per heavy atom. The van der Waals surface area contributed by atoms with Gasteiger partial charge in [0.15, 0.2) is 5.84 Å². The molecule has 0 amide bonds. The lowest BCUT2D eigenvalue weighted by molar-refractivity contribution is 0.0650. The molecule has 1 N–H and O–H groups in total. The Kier molecular flexibility index (Phi) is 3.79. The number of hydrogen-bond acceptors (Lipinski definition) is 3. The van der Waals surface area contributed by atoms with Crippen LogP contribution in [0.25, 0.3) is 0 Å². The first kappa shape index (κ1) is 13.5. The third-order valence-corrected chi connectivity index (χ3v) is 3.56. The molecule has 1 aliphatic rings. The Bertz CT molecular complexity index is 720. The van der Waals surface area contributed by atoms with Crippen LogP contribution < -0.4 is 5.48 Å². The molecular formula is C17H17N3O. The fraction of sp³-hybridized carbons (Fsp3) is 0.176. The molecule has 0 saturated carbocycles. The second kappa shape index (κ2) is 5.89. The molecular weight excluding hydrogens is 262 g/mol. The van der Waals surface area contributed by atoms with Crippen LogP contribution in [0.1, 0.15) is 27.8 Å². The molecule has 0 bridgehead atoms. The van der Waals surface area contributed by atoms with E-state index in [4.69, 9.17) is 4.84 Å². The highest BCUT2D eigenvalue weighted by Gasteiger charge is 2.14. The first-order valence-electron chi connectivity index (χ1n) is 6.88. The third-order valence-electron chi connectivity index (χ3n) is 3.56. The summed E-state index contributed by atoms with van der Waals surface area (Å²) in [5, 5.41) is 8.38. The van der Waals surface area contributed by atoms with Crippen molar-refractivity contribution < 1.29 is 4.84 Å². The molecule has 0 aliphatic carbocycles. The lowest BCUT2D eigenvalue weighted by atomic mass is 10.1. The van der Waals surface area contributed by atoms with Crippen molar-refractivity contribution >= 4 is 12.1 Å². The molecule has 106 valence electrons. The molecule has 3 rings (SSSR count). The largest absolute Gasteiger partial charge is 0.270 e. The van der Waals surface area contributed by atoms with Crippen molar-refractivity contribution in [3.8, 4) is 0 Å². The van der Waals surface area contributed by atoms with Gasteiger partial charge in [0, 0.05) is 5.56 Å². The van der Waals surface area contributed by atoms with Gasteiger partial charge in [0.05, 0.1) is 6.21 Å². The smallest absolute Gasteiger partial charge is 0.179 e. The zero-order chi connectivity index (χ0) is 14.7. The van der Waals surface area contributed by atoms with E-state index >= 15 is 0 Å². The minimum absolute atomic E-state index is 0.538. The van der Waals surface area contributed by atoms with E-state index in [0.717, 1.165) is 16.7 Å². The third kappa shape index (κ3) is 3.01. The summed E-state index contributed by atoms with van der Waals surface area (Å²) in [6.07, 6.45) is 1.75. The molecule has 0 spiro atoms. The predicted octanol–water partition coefficient (Wildman–Crippen LogP) is 3.12. The summed E-state index contributed by atoms with van der Waals surface area (Å²) < 4.78 is 0. The summed E-state index contributed by atoms with van der Waals surface area (Å²) in [5.74, 6) is 0.636. The second-order valence-corrected chi connectivity index (χ2v) is 5.08. The number of hydroxylamine groups is 1. The van der Waals surface area contributed by atoms with Gasteiger partial charge in [0.2, 0.25) is 0 Å².